The lowest BCUT2D eigenvalue weighted by atomic mass is 9.76. The molecule has 2 aromatic rings. The average Bonchev–Trinajstić information content (AvgIpc) is 2.77. The van der Waals surface area contributed by atoms with Crippen molar-refractivity contribution >= 4 is 0 Å². The van der Waals surface area contributed by atoms with E-state index < -0.39 is 0 Å². The van der Waals surface area contributed by atoms with Crippen LogP contribution >= 0.6 is 0 Å². The highest BCUT2D eigenvalue weighted by Gasteiger charge is 2.23. The fraction of sp³-hybridized carbons (Fsp3) is 0.519. The molecule has 1 unspecified atom stereocenters. The van der Waals surface area contributed by atoms with Crippen LogP contribution in [0.3, 0.4) is 0 Å². The van der Waals surface area contributed by atoms with Gasteiger partial charge in [-0.2, -0.15) is 5.26 Å². The maximum Gasteiger partial charge on any atom is 0.119 e. The van der Waals surface area contributed by atoms with Crippen molar-refractivity contribution in [1.82, 2.24) is 0 Å². The van der Waals surface area contributed by atoms with Crippen molar-refractivity contribution in [1.29, 1.82) is 5.26 Å². The topological polar surface area (TPSA) is 33.0 Å². The normalized spacial score (nSPS) is 20.0. The summed E-state index contributed by atoms with van der Waals surface area (Å²) in [6.45, 7) is 4.44. The molecule has 2 nitrogen and oxygen atoms in total. The third kappa shape index (κ3) is 6.36. The molecule has 1 saturated carbocycles. The van der Waals surface area contributed by atoms with Gasteiger partial charge in [-0.1, -0.05) is 50.5 Å². The van der Waals surface area contributed by atoms with Crippen molar-refractivity contribution in [3.63, 3.8) is 0 Å². The molecule has 2 heteroatoms. The first kappa shape index (κ1) is 21.4. The minimum absolute atomic E-state index is 0.292. The van der Waals surface area contributed by atoms with Gasteiger partial charge in [0.25, 0.3) is 0 Å². The molecular weight excluding hydrogens is 354 g/mol. The Kier molecular flexibility index (Phi) is 8.17. The Hall–Kier alpha value is -2.27. The van der Waals surface area contributed by atoms with E-state index in [9.17, 15) is 0 Å². The van der Waals surface area contributed by atoms with E-state index in [0.717, 1.165) is 17.7 Å². The molecule has 0 heterocycles. The number of nitriles is 1. The Labute approximate surface area is 176 Å². The summed E-state index contributed by atoms with van der Waals surface area (Å²) < 4.78 is 6.11. The lowest BCUT2D eigenvalue weighted by molar-refractivity contribution is 0.206. The van der Waals surface area contributed by atoms with Crippen molar-refractivity contribution in [2.45, 2.75) is 89.6 Å². The fourth-order valence-electron chi connectivity index (χ4n) is 4.56. The Morgan fingerprint density at radius 2 is 1.41 bits per heavy atom. The van der Waals surface area contributed by atoms with Crippen LogP contribution in [-0.4, -0.2) is 6.10 Å². The summed E-state index contributed by atoms with van der Waals surface area (Å²) in [4.78, 5) is 0. The Balaban J connectivity index is 1.46. The monoisotopic (exact) mass is 389 g/mol. The predicted octanol–water partition coefficient (Wildman–Crippen LogP) is 7.74. The van der Waals surface area contributed by atoms with Crippen LogP contribution in [0.4, 0.5) is 0 Å². The minimum atomic E-state index is 0.292. The lowest BCUT2D eigenvalue weighted by Gasteiger charge is -2.29. The number of nitrogens with zero attached hydrogens (tertiary/aromatic N) is 1. The summed E-state index contributed by atoms with van der Waals surface area (Å²) in [6, 6.07) is 19.2. The third-order valence-electron chi connectivity index (χ3n) is 6.39. The number of ether oxygens (including phenoxy) is 1. The second-order valence-electron chi connectivity index (χ2n) is 8.63. The van der Waals surface area contributed by atoms with E-state index in [1.165, 1.54) is 62.5 Å². The zero-order valence-corrected chi connectivity index (χ0v) is 18.1. The molecule has 1 fully saturated rings. The maximum absolute atomic E-state index is 8.97. The van der Waals surface area contributed by atoms with Crippen LogP contribution in [0.1, 0.15) is 100 Å². The van der Waals surface area contributed by atoms with Crippen molar-refractivity contribution in [3.8, 4) is 11.8 Å². The molecule has 0 aliphatic heterocycles. The molecule has 0 radical (unpaired) electrons. The van der Waals surface area contributed by atoms with Gasteiger partial charge in [-0.05, 0) is 92.7 Å². The molecule has 3 rings (SSSR count). The third-order valence-corrected chi connectivity index (χ3v) is 6.39. The average molecular weight is 390 g/mol. The van der Waals surface area contributed by atoms with Crippen LogP contribution in [0.25, 0.3) is 0 Å². The highest BCUT2D eigenvalue weighted by molar-refractivity contribution is 5.34. The minimum Gasteiger partial charge on any atom is -0.491 e. The molecule has 0 saturated heterocycles. The number of unbranched alkanes of at least 4 members (excludes halogenated alkanes) is 3. The molecule has 1 aliphatic rings. The van der Waals surface area contributed by atoms with Gasteiger partial charge in [0.05, 0.1) is 17.7 Å². The second kappa shape index (κ2) is 11.1. The van der Waals surface area contributed by atoms with Crippen LogP contribution in [0.5, 0.6) is 5.75 Å². The van der Waals surface area contributed by atoms with E-state index in [2.05, 4.69) is 56.3 Å². The Morgan fingerprint density at radius 1 is 0.862 bits per heavy atom. The number of hydrogen-bond acceptors (Lipinski definition) is 2. The van der Waals surface area contributed by atoms with E-state index in [4.69, 9.17) is 10.00 Å². The van der Waals surface area contributed by atoms with Crippen LogP contribution in [-0.2, 0) is 0 Å². The van der Waals surface area contributed by atoms with Gasteiger partial charge in [0.1, 0.15) is 5.75 Å². The summed E-state index contributed by atoms with van der Waals surface area (Å²) in [5.41, 5.74) is 3.59. The Bertz CT molecular complexity index is 764. The summed E-state index contributed by atoms with van der Waals surface area (Å²) in [5, 5.41) is 8.97. The van der Waals surface area contributed by atoms with Gasteiger partial charge in [-0.3, -0.25) is 0 Å². The standard InChI is InChI=1S/C27H35NO/c1-3-4-5-6-7-21(2)29-27-18-16-26(17-19-27)25-14-12-24(13-15-25)23-10-8-22(20-28)9-11-23/h8-11,16-19,21,24-25H,3-7,12-15H2,1-2H3/t21?,24-,25-. The molecule has 1 atom stereocenters. The lowest BCUT2D eigenvalue weighted by Crippen LogP contribution is -2.13. The van der Waals surface area contributed by atoms with Crippen LogP contribution in [0.2, 0.25) is 0 Å². The quantitative estimate of drug-likeness (QED) is 0.411. The molecule has 29 heavy (non-hydrogen) atoms. The zero-order valence-electron chi connectivity index (χ0n) is 18.1. The van der Waals surface area contributed by atoms with Crippen molar-refractivity contribution in [2.75, 3.05) is 0 Å². The smallest absolute Gasteiger partial charge is 0.119 e. The number of rotatable bonds is 9. The van der Waals surface area contributed by atoms with Gasteiger partial charge < -0.3 is 4.74 Å². The van der Waals surface area contributed by atoms with E-state index in [-0.39, 0.29) is 0 Å². The van der Waals surface area contributed by atoms with Gasteiger partial charge in [-0.15, -0.1) is 0 Å². The van der Waals surface area contributed by atoms with E-state index in [0.29, 0.717) is 17.9 Å². The molecule has 1 aliphatic carbocycles. The first-order chi connectivity index (χ1) is 14.2. The van der Waals surface area contributed by atoms with E-state index in [1.807, 2.05) is 12.1 Å². The first-order valence-corrected chi connectivity index (χ1v) is 11.5. The summed E-state index contributed by atoms with van der Waals surface area (Å²) in [7, 11) is 0. The molecule has 0 bridgehead atoms. The van der Waals surface area contributed by atoms with Gasteiger partial charge in [0, 0.05) is 0 Å². The van der Waals surface area contributed by atoms with Gasteiger partial charge in [0.15, 0.2) is 0 Å². The predicted molar refractivity (Wildman–Crippen MR) is 120 cm³/mol. The van der Waals surface area contributed by atoms with Gasteiger partial charge in [-0.25, -0.2) is 0 Å². The van der Waals surface area contributed by atoms with Crippen LogP contribution in [0, 0.1) is 11.3 Å². The Morgan fingerprint density at radius 3 is 1.93 bits per heavy atom. The number of hydrogen-bond donors (Lipinski definition) is 0. The van der Waals surface area contributed by atoms with Gasteiger partial charge in [0.2, 0.25) is 0 Å². The van der Waals surface area contributed by atoms with Crippen LogP contribution < -0.4 is 4.74 Å². The largest absolute Gasteiger partial charge is 0.491 e. The number of benzene rings is 2. The molecule has 0 aromatic heterocycles. The van der Waals surface area contributed by atoms with Crippen molar-refractivity contribution in [2.24, 2.45) is 0 Å². The molecule has 154 valence electrons. The first-order valence-electron chi connectivity index (χ1n) is 11.5. The van der Waals surface area contributed by atoms with Gasteiger partial charge >= 0.3 is 0 Å². The highest BCUT2D eigenvalue weighted by atomic mass is 16.5. The molecule has 0 amide bonds. The van der Waals surface area contributed by atoms with E-state index >= 15 is 0 Å². The van der Waals surface area contributed by atoms with Crippen molar-refractivity contribution < 1.29 is 4.74 Å². The molecular formula is C27H35NO. The zero-order chi connectivity index (χ0) is 20.5. The molecule has 0 N–H and O–H groups in total. The summed E-state index contributed by atoms with van der Waals surface area (Å²) in [6.07, 6.45) is 11.5. The van der Waals surface area contributed by atoms with E-state index in [1.54, 1.807) is 0 Å². The van der Waals surface area contributed by atoms with Crippen molar-refractivity contribution in [3.05, 3.63) is 65.2 Å². The molecule has 2 aromatic carbocycles. The highest BCUT2D eigenvalue weighted by Crippen LogP contribution is 2.40. The summed E-state index contributed by atoms with van der Waals surface area (Å²) in [5.74, 6) is 2.29. The SMILES string of the molecule is CCCCCCC(C)Oc1ccc([C@H]2CC[C@H](c3ccc(C#N)cc3)CC2)cc1. The van der Waals surface area contributed by atoms with Crippen LogP contribution in [0.15, 0.2) is 48.5 Å². The molecule has 0 spiro atoms. The fourth-order valence-corrected chi connectivity index (χ4v) is 4.56. The maximum atomic E-state index is 8.97. The second-order valence-corrected chi connectivity index (χ2v) is 8.63. The summed E-state index contributed by atoms with van der Waals surface area (Å²) >= 11 is 0.